The van der Waals surface area contributed by atoms with Gasteiger partial charge in [0.2, 0.25) is 0 Å². The van der Waals surface area contributed by atoms with E-state index in [0.717, 1.165) is 6.08 Å². The molecular formula is C5H6ClF3. The fraction of sp³-hybridized carbons (Fsp3) is 0.600. The van der Waals surface area contributed by atoms with Crippen LogP contribution in [0, 0.1) is 0 Å². The summed E-state index contributed by atoms with van der Waals surface area (Å²) in [6.07, 6.45) is -3.29. The van der Waals surface area contributed by atoms with Crippen molar-refractivity contribution in [2.75, 3.05) is 5.88 Å². The van der Waals surface area contributed by atoms with Crippen molar-refractivity contribution >= 4 is 11.6 Å². The predicted octanol–water partition coefficient (Wildman–Crippen LogP) is 2.73. The molecule has 0 amide bonds. The number of hydrogen-bond donors (Lipinski definition) is 0. The van der Waals surface area contributed by atoms with Crippen molar-refractivity contribution in [1.82, 2.24) is 0 Å². The summed E-state index contributed by atoms with van der Waals surface area (Å²) in [7, 11) is 0. The van der Waals surface area contributed by atoms with Gasteiger partial charge in [-0.2, -0.15) is 13.2 Å². The summed E-state index contributed by atoms with van der Waals surface area (Å²) in [5.74, 6) is -0.472. The van der Waals surface area contributed by atoms with Crippen molar-refractivity contribution in [3.8, 4) is 0 Å². The van der Waals surface area contributed by atoms with E-state index < -0.39 is 17.6 Å². The third-order valence-electron chi connectivity index (χ3n) is 0.857. The van der Waals surface area contributed by atoms with Crippen molar-refractivity contribution in [1.29, 1.82) is 0 Å². The van der Waals surface area contributed by atoms with E-state index in [9.17, 15) is 13.2 Å². The molecule has 54 valence electrons. The summed E-state index contributed by atoms with van der Waals surface area (Å²) < 4.78 is 34.7. The van der Waals surface area contributed by atoms with Crippen molar-refractivity contribution in [3.05, 3.63) is 11.6 Å². The molecule has 9 heavy (non-hydrogen) atoms. The third kappa shape index (κ3) is 2.75. The van der Waals surface area contributed by atoms with Gasteiger partial charge >= 0.3 is 6.18 Å². The smallest absolute Gasteiger partial charge is 0.166 e. The van der Waals surface area contributed by atoms with Crippen LogP contribution in [0.1, 0.15) is 6.92 Å². The van der Waals surface area contributed by atoms with Gasteiger partial charge in [-0.25, -0.2) is 0 Å². The first-order chi connectivity index (χ1) is 4.02. The molecule has 0 nitrogen and oxygen atoms in total. The lowest BCUT2D eigenvalue weighted by atomic mass is 10.3. The zero-order valence-corrected chi connectivity index (χ0v) is 5.55. The molecule has 0 aliphatic carbocycles. The second-order valence-electron chi connectivity index (χ2n) is 1.45. The molecule has 0 rings (SSSR count). The maximum absolute atomic E-state index is 11.6. The molecule has 0 aromatic heterocycles. The number of allylic oxidation sites excluding steroid dienone is 2. The first-order valence-corrected chi connectivity index (χ1v) is 2.84. The lowest BCUT2D eigenvalue weighted by Gasteiger charge is -2.05. The normalized spacial score (nSPS) is 14.1. The first-order valence-electron chi connectivity index (χ1n) is 2.30. The first kappa shape index (κ1) is 8.82. The summed E-state index contributed by atoms with van der Waals surface area (Å²) in [6.45, 7) is 1.31. The van der Waals surface area contributed by atoms with Gasteiger partial charge in [-0.3, -0.25) is 0 Å². The molecule has 0 atom stereocenters. The maximum Gasteiger partial charge on any atom is 0.413 e. The Kier molecular flexibility index (Phi) is 3.04. The van der Waals surface area contributed by atoms with Gasteiger partial charge in [-0.05, 0) is 6.92 Å². The second-order valence-corrected chi connectivity index (χ2v) is 1.71. The van der Waals surface area contributed by atoms with Crippen molar-refractivity contribution in [2.24, 2.45) is 0 Å². The minimum absolute atomic E-state index is 0.472. The minimum Gasteiger partial charge on any atom is -0.166 e. The van der Waals surface area contributed by atoms with Crippen LogP contribution < -0.4 is 0 Å². The van der Waals surface area contributed by atoms with Crippen LogP contribution in [0.2, 0.25) is 0 Å². The SMILES string of the molecule is C/C=C(/CCl)C(F)(F)F. The lowest BCUT2D eigenvalue weighted by molar-refractivity contribution is -0.0910. The quantitative estimate of drug-likeness (QED) is 0.407. The molecule has 0 radical (unpaired) electrons. The van der Waals surface area contributed by atoms with Gasteiger partial charge in [0.15, 0.2) is 0 Å². The molecule has 4 heteroatoms. The molecule has 0 spiro atoms. The topological polar surface area (TPSA) is 0 Å². The van der Waals surface area contributed by atoms with Crippen molar-refractivity contribution in [2.45, 2.75) is 13.1 Å². The van der Waals surface area contributed by atoms with Crippen LogP contribution in [-0.2, 0) is 0 Å². The molecule has 0 aromatic carbocycles. The maximum atomic E-state index is 11.6. The average Bonchev–Trinajstić information content (AvgIpc) is 1.65. The highest BCUT2D eigenvalue weighted by atomic mass is 35.5. The van der Waals surface area contributed by atoms with Gasteiger partial charge in [-0.1, -0.05) is 6.08 Å². The van der Waals surface area contributed by atoms with E-state index in [1.165, 1.54) is 6.92 Å². The molecule has 0 bridgehead atoms. The molecule has 0 fully saturated rings. The monoisotopic (exact) mass is 158 g/mol. The molecule has 0 unspecified atom stereocenters. The Balaban J connectivity index is 4.14. The summed E-state index contributed by atoms with van der Waals surface area (Å²) in [4.78, 5) is 0. The van der Waals surface area contributed by atoms with E-state index in [1.807, 2.05) is 0 Å². The fourth-order valence-corrected chi connectivity index (χ4v) is 0.622. The van der Waals surface area contributed by atoms with E-state index in [0.29, 0.717) is 0 Å². The third-order valence-corrected chi connectivity index (χ3v) is 1.14. The van der Waals surface area contributed by atoms with Crippen LogP contribution in [0.25, 0.3) is 0 Å². The van der Waals surface area contributed by atoms with Crippen molar-refractivity contribution < 1.29 is 13.2 Å². The Morgan fingerprint density at radius 2 is 2.00 bits per heavy atom. The van der Waals surface area contributed by atoms with E-state index in [1.54, 1.807) is 0 Å². The minimum atomic E-state index is -4.25. The van der Waals surface area contributed by atoms with Gasteiger partial charge in [0.1, 0.15) is 0 Å². The van der Waals surface area contributed by atoms with Crippen LogP contribution in [0.4, 0.5) is 13.2 Å². The Morgan fingerprint density at radius 3 is 2.00 bits per heavy atom. The largest absolute Gasteiger partial charge is 0.413 e. The number of hydrogen-bond acceptors (Lipinski definition) is 0. The van der Waals surface area contributed by atoms with Crippen LogP contribution >= 0.6 is 11.6 Å². The molecule has 0 aliphatic rings. The highest BCUT2D eigenvalue weighted by molar-refractivity contribution is 6.19. The van der Waals surface area contributed by atoms with E-state index >= 15 is 0 Å². The van der Waals surface area contributed by atoms with E-state index in [-0.39, 0.29) is 0 Å². The molecule has 0 aromatic rings. The Bertz CT molecular complexity index is 114. The van der Waals surface area contributed by atoms with Crippen LogP contribution in [0.5, 0.6) is 0 Å². The number of alkyl halides is 4. The van der Waals surface area contributed by atoms with E-state index in [4.69, 9.17) is 11.6 Å². The Labute approximate surface area is 56.3 Å². The van der Waals surface area contributed by atoms with Gasteiger partial charge in [0.05, 0.1) is 5.88 Å². The predicted molar refractivity (Wildman–Crippen MR) is 30.5 cm³/mol. The summed E-state index contributed by atoms with van der Waals surface area (Å²) >= 11 is 4.96. The van der Waals surface area contributed by atoms with E-state index in [2.05, 4.69) is 0 Å². The molecule has 0 N–H and O–H groups in total. The Hall–Kier alpha value is -0.180. The molecule has 0 aliphatic heterocycles. The summed E-state index contributed by atoms with van der Waals surface area (Å²) in [5.41, 5.74) is -0.691. The average molecular weight is 159 g/mol. The van der Waals surface area contributed by atoms with Crippen LogP contribution in [0.3, 0.4) is 0 Å². The fourth-order valence-electron chi connectivity index (χ4n) is 0.317. The van der Waals surface area contributed by atoms with Crippen molar-refractivity contribution in [3.63, 3.8) is 0 Å². The van der Waals surface area contributed by atoms with Crippen LogP contribution in [0.15, 0.2) is 11.6 Å². The highest BCUT2D eigenvalue weighted by Crippen LogP contribution is 2.25. The second kappa shape index (κ2) is 3.11. The molecule has 0 saturated heterocycles. The summed E-state index contributed by atoms with van der Waals surface area (Å²) in [6, 6.07) is 0. The van der Waals surface area contributed by atoms with Crippen LogP contribution in [-0.4, -0.2) is 12.1 Å². The number of rotatable bonds is 1. The molecule has 0 saturated carbocycles. The van der Waals surface area contributed by atoms with Gasteiger partial charge < -0.3 is 0 Å². The molecule has 0 heterocycles. The lowest BCUT2D eigenvalue weighted by Crippen LogP contribution is -2.12. The zero-order chi connectivity index (χ0) is 7.49. The standard InChI is InChI=1S/C5H6ClF3/c1-2-4(3-6)5(7,8)9/h2H,3H2,1H3/b4-2-. The number of halogens is 4. The van der Waals surface area contributed by atoms with Gasteiger partial charge in [-0.15, -0.1) is 11.6 Å². The van der Waals surface area contributed by atoms with Gasteiger partial charge in [0.25, 0.3) is 0 Å². The Morgan fingerprint density at radius 1 is 1.56 bits per heavy atom. The zero-order valence-electron chi connectivity index (χ0n) is 4.80. The highest BCUT2D eigenvalue weighted by Gasteiger charge is 2.31. The van der Waals surface area contributed by atoms with Gasteiger partial charge in [0, 0.05) is 5.57 Å². The molecular weight excluding hydrogens is 153 g/mol. The summed E-state index contributed by atoms with van der Waals surface area (Å²) in [5, 5.41) is 0.